The Morgan fingerprint density at radius 3 is 2.47 bits per heavy atom. The molecule has 0 aromatic heterocycles. The molecule has 0 N–H and O–H groups in total. The van der Waals surface area contributed by atoms with E-state index in [4.69, 9.17) is 23.1 Å². The first-order chi connectivity index (χ1) is 14.2. The van der Waals surface area contributed by atoms with Crippen molar-refractivity contribution in [1.29, 1.82) is 0 Å². The summed E-state index contributed by atoms with van der Waals surface area (Å²) in [6.45, 7) is 4.38. The number of hydrogen-bond acceptors (Lipinski definition) is 7. The molecule has 1 heterocycles. The molecule has 3 rings (SSSR count). The number of hydrogen-bond donors (Lipinski definition) is 0. The molecule has 0 bridgehead atoms. The molecule has 0 spiro atoms. The second-order valence-corrected chi connectivity index (χ2v) is 9.21. The topological polar surface area (TPSA) is 80.3 Å². The molecule has 0 amide bonds. The van der Waals surface area contributed by atoms with Crippen LogP contribution < -0.4 is 4.74 Å². The molecule has 2 aromatic carbocycles. The van der Waals surface area contributed by atoms with E-state index in [2.05, 4.69) is 0 Å². The standard InChI is InChI=1S/C22H28O7S/c1-22(2)27-15-18(28-22)13-19-17(11-8-12-20(19)25-3)14-26-21(29-30(4,23)24)16-9-6-5-7-10-16/h5-12,18,21H,13-15H2,1-4H3. The monoisotopic (exact) mass is 436 g/mol. The Bertz CT molecular complexity index is 941. The molecule has 8 heteroatoms. The molecule has 7 nitrogen and oxygen atoms in total. The molecule has 2 atom stereocenters. The van der Waals surface area contributed by atoms with E-state index in [1.54, 1.807) is 31.4 Å². The summed E-state index contributed by atoms with van der Waals surface area (Å²) in [5.41, 5.74) is 2.40. The minimum absolute atomic E-state index is 0.118. The molecule has 0 aliphatic carbocycles. The van der Waals surface area contributed by atoms with E-state index in [0.717, 1.165) is 17.4 Å². The predicted molar refractivity (Wildman–Crippen MR) is 112 cm³/mol. The quantitative estimate of drug-likeness (QED) is 0.439. The van der Waals surface area contributed by atoms with Crippen molar-refractivity contribution in [3.05, 3.63) is 65.2 Å². The maximum atomic E-state index is 11.7. The summed E-state index contributed by atoms with van der Waals surface area (Å²) >= 11 is 0. The Hall–Kier alpha value is -1.97. The van der Waals surface area contributed by atoms with Crippen LogP contribution in [0.1, 0.15) is 36.8 Å². The Labute approximate surface area is 178 Å². The highest BCUT2D eigenvalue weighted by Crippen LogP contribution is 2.31. The number of ether oxygens (including phenoxy) is 4. The summed E-state index contributed by atoms with van der Waals surface area (Å²) in [5.74, 6) is 0.0927. The van der Waals surface area contributed by atoms with Gasteiger partial charge in [0.25, 0.3) is 10.1 Å². The van der Waals surface area contributed by atoms with Gasteiger partial charge in [-0.05, 0) is 25.5 Å². The maximum Gasteiger partial charge on any atom is 0.267 e. The Balaban J connectivity index is 1.81. The summed E-state index contributed by atoms with van der Waals surface area (Å²) in [6, 6.07) is 14.6. The number of methoxy groups -OCH3 is 1. The van der Waals surface area contributed by atoms with Crippen molar-refractivity contribution in [2.45, 2.75) is 45.1 Å². The molecule has 1 fully saturated rings. The van der Waals surface area contributed by atoms with E-state index in [1.807, 2.05) is 38.1 Å². The SMILES string of the molecule is COc1cccc(COC(OS(C)(=O)=O)c2ccccc2)c1CC1COC(C)(C)O1. The largest absolute Gasteiger partial charge is 0.496 e. The van der Waals surface area contributed by atoms with Crippen LogP contribution >= 0.6 is 0 Å². The zero-order chi connectivity index (χ0) is 21.8. The Morgan fingerprint density at radius 1 is 1.13 bits per heavy atom. The zero-order valence-corrected chi connectivity index (χ0v) is 18.5. The third-order valence-electron chi connectivity index (χ3n) is 4.67. The minimum Gasteiger partial charge on any atom is -0.496 e. The highest BCUT2D eigenvalue weighted by molar-refractivity contribution is 7.86. The van der Waals surface area contributed by atoms with Gasteiger partial charge in [0.2, 0.25) is 6.29 Å². The lowest BCUT2D eigenvalue weighted by Crippen LogP contribution is -2.23. The third kappa shape index (κ3) is 6.26. The van der Waals surface area contributed by atoms with E-state index in [-0.39, 0.29) is 12.7 Å². The molecule has 2 unspecified atom stereocenters. The molecule has 1 aliphatic heterocycles. The summed E-state index contributed by atoms with van der Waals surface area (Å²) < 4.78 is 51.7. The van der Waals surface area contributed by atoms with E-state index >= 15 is 0 Å². The van der Waals surface area contributed by atoms with Crippen molar-refractivity contribution >= 4 is 10.1 Å². The van der Waals surface area contributed by atoms with Crippen molar-refractivity contribution in [1.82, 2.24) is 0 Å². The summed E-state index contributed by atoms with van der Waals surface area (Å²) in [5, 5.41) is 0. The molecule has 164 valence electrons. The lowest BCUT2D eigenvalue weighted by atomic mass is 10.0. The lowest BCUT2D eigenvalue weighted by molar-refractivity contribution is -0.138. The predicted octanol–water partition coefficient (Wildman–Crippen LogP) is 3.58. The second kappa shape index (κ2) is 9.45. The first-order valence-electron chi connectivity index (χ1n) is 9.68. The molecule has 1 aliphatic rings. The van der Waals surface area contributed by atoms with Crippen molar-refractivity contribution in [3.8, 4) is 5.75 Å². The van der Waals surface area contributed by atoms with Crippen LogP contribution in [0.4, 0.5) is 0 Å². The normalized spacial score (nSPS) is 19.5. The van der Waals surface area contributed by atoms with Gasteiger partial charge in [0.05, 0.1) is 32.7 Å². The Kier molecular flexibility index (Phi) is 7.15. The average molecular weight is 437 g/mol. The van der Waals surface area contributed by atoms with Gasteiger partial charge in [0.15, 0.2) is 5.79 Å². The van der Waals surface area contributed by atoms with Gasteiger partial charge in [-0.2, -0.15) is 8.42 Å². The molecule has 30 heavy (non-hydrogen) atoms. The highest BCUT2D eigenvalue weighted by atomic mass is 32.2. The minimum atomic E-state index is -3.72. The van der Waals surface area contributed by atoms with Gasteiger partial charge in [0, 0.05) is 17.5 Å². The summed E-state index contributed by atoms with van der Waals surface area (Å²) in [4.78, 5) is 0. The Morgan fingerprint density at radius 2 is 1.87 bits per heavy atom. The number of rotatable bonds is 9. The van der Waals surface area contributed by atoms with Gasteiger partial charge in [0.1, 0.15) is 5.75 Å². The molecular formula is C22H28O7S. The van der Waals surface area contributed by atoms with E-state index in [0.29, 0.717) is 24.3 Å². The second-order valence-electron chi connectivity index (χ2n) is 7.61. The van der Waals surface area contributed by atoms with Crippen LogP contribution in [0.25, 0.3) is 0 Å². The summed E-state index contributed by atoms with van der Waals surface area (Å²) in [7, 11) is -2.11. The van der Waals surface area contributed by atoms with Crippen molar-refractivity contribution in [2.24, 2.45) is 0 Å². The zero-order valence-electron chi connectivity index (χ0n) is 17.7. The summed E-state index contributed by atoms with van der Waals surface area (Å²) in [6.07, 6.45) is 0.412. The van der Waals surface area contributed by atoms with E-state index in [1.165, 1.54) is 0 Å². The van der Waals surface area contributed by atoms with Gasteiger partial charge in [-0.3, -0.25) is 0 Å². The van der Waals surface area contributed by atoms with Crippen molar-refractivity contribution in [3.63, 3.8) is 0 Å². The van der Waals surface area contributed by atoms with Crippen LogP contribution in [-0.4, -0.2) is 40.3 Å². The van der Waals surface area contributed by atoms with Crippen LogP contribution in [-0.2, 0) is 41.5 Å². The molecule has 0 radical (unpaired) electrons. The molecular weight excluding hydrogens is 408 g/mol. The first kappa shape index (κ1) is 22.7. The fourth-order valence-corrected chi connectivity index (χ4v) is 3.86. The first-order valence-corrected chi connectivity index (χ1v) is 11.5. The molecule has 1 saturated heterocycles. The smallest absolute Gasteiger partial charge is 0.267 e. The van der Waals surface area contributed by atoms with Gasteiger partial charge in [-0.25, -0.2) is 4.18 Å². The molecule has 2 aromatic rings. The van der Waals surface area contributed by atoms with Gasteiger partial charge in [-0.15, -0.1) is 0 Å². The van der Waals surface area contributed by atoms with Crippen LogP contribution in [0, 0.1) is 0 Å². The van der Waals surface area contributed by atoms with Gasteiger partial charge in [-0.1, -0.05) is 42.5 Å². The average Bonchev–Trinajstić information content (AvgIpc) is 3.04. The van der Waals surface area contributed by atoms with E-state index < -0.39 is 22.2 Å². The van der Waals surface area contributed by atoms with E-state index in [9.17, 15) is 8.42 Å². The molecule has 0 saturated carbocycles. The third-order valence-corrected chi connectivity index (χ3v) is 5.20. The number of benzene rings is 2. The van der Waals surface area contributed by atoms with Crippen LogP contribution in [0.2, 0.25) is 0 Å². The van der Waals surface area contributed by atoms with Crippen LogP contribution in [0.3, 0.4) is 0 Å². The van der Waals surface area contributed by atoms with Crippen molar-refractivity contribution < 1.29 is 31.5 Å². The van der Waals surface area contributed by atoms with Gasteiger partial charge >= 0.3 is 0 Å². The lowest BCUT2D eigenvalue weighted by Gasteiger charge is -2.21. The van der Waals surface area contributed by atoms with Crippen molar-refractivity contribution in [2.75, 3.05) is 20.0 Å². The van der Waals surface area contributed by atoms with Gasteiger partial charge < -0.3 is 18.9 Å². The fraction of sp³-hybridized carbons (Fsp3) is 0.455. The van der Waals surface area contributed by atoms with Crippen LogP contribution in [0.15, 0.2) is 48.5 Å². The van der Waals surface area contributed by atoms with Crippen LogP contribution in [0.5, 0.6) is 5.75 Å². The highest BCUT2D eigenvalue weighted by Gasteiger charge is 2.33. The fourth-order valence-electron chi connectivity index (χ4n) is 3.37. The maximum absolute atomic E-state index is 11.7.